The number of para-hydroxylation sites is 2. The molecule has 2 N–H and O–H groups in total. The highest BCUT2D eigenvalue weighted by atomic mass is 35.5. The summed E-state index contributed by atoms with van der Waals surface area (Å²) in [6.45, 7) is 10.8. The number of ether oxygens (including phenoxy) is 2. The van der Waals surface area contributed by atoms with Crippen molar-refractivity contribution in [3.63, 3.8) is 0 Å². The van der Waals surface area contributed by atoms with E-state index < -0.39 is 18.0 Å². The van der Waals surface area contributed by atoms with Gasteiger partial charge in [-0.2, -0.15) is 0 Å². The second-order valence-electron chi connectivity index (χ2n) is 13.3. The molecule has 11 heteroatoms. The van der Waals surface area contributed by atoms with Crippen molar-refractivity contribution in [1.29, 1.82) is 0 Å². The molecule has 51 heavy (non-hydrogen) atoms. The molecular formula is C40H47ClN2O6S2. The summed E-state index contributed by atoms with van der Waals surface area (Å²) in [5.41, 5.74) is 1.46. The minimum absolute atomic E-state index is 0.00225. The maximum absolute atomic E-state index is 11.2. The van der Waals surface area contributed by atoms with Crippen LogP contribution in [0.25, 0.3) is 0 Å². The van der Waals surface area contributed by atoms with E-state index in [0.717, 1.165) is 39.2 Å². The van der Waals surface area contributed by atoms with E-state index in [4.69, 9.17) is 26.2 Å². The molecule has 1 aliphatic heterocycles. The Morgan fingerprint density at radius 2 is 1.53 bits per heavy atom. The van der Waals surface area contributed by atoms with Gasteiger partial charge in [0, 0.05) is 34.4 Å². The Morgan fingerprint density at radius 3 is 2.16 bits per heavy atom. The van der Waals surface area contributed by atoms with Crippen molar-refractivity contribution < 1.29 is 29.3 Å². The van der Waals surface area contributed by atoms with Gasteiger partial charge in [-0.25, -0.2) is 0 Å². The molecule has 1 aliphatic rings. The van der Waals surface area contributed by atoms with E-state index in [2.05, 4.69) is 51.1 Å². The quantitative estimate of drug-likeness (QED) is 0.130. The predicted molar refractivity (Wildman–Crippen MR) is 206 cm³/mol. The molecule has 1 saturated heterocycles. The second-order valence-corrected chi connectivity index (χ2v) is 16.0. The first kappa shape index (κ1) is 40.1. The van der Waals surface area contributed by atoms with Crippen molar-refractivity contribution in [2.75, 3.05) is 39.8 Å². The van der Waals surface area contributed by atoms with Crippen molar-refractivity contribution in [2.45, 2.75) is 71.3 Å². The normalized spacial score (nSPS) is 15.2. The van der Waals surface area contributed by atoms with Crippen LogP contribution < -0.4 is 9.47 Å². The van der Waals surface area contributed by atoms with Gasteiger partial charge in [0.2, 0.25) is 0 Å². The number of halogens is 1. The molecule has 0 amide bonds. The first-order valence-electron chi connectivity index (χ1n) is 16.8. The van der Waals surface area contributed by atoms with Crippen LogP contribution >= 0.6 is 35.1 Å². The lowest BCUT2D eigenvalue weighted by molar-refractivity contribution is -0.142. The van der Waals surface area contributed by atoms with Gasteiger partial charge in [-0.05, 0) is 86.0 Å². The molecule has 8 nitrogen and oxygen atoms in total. The molecule has 0 radical (unpaired) electrons. The number of hydrogen-bond acceptors (Lipinski definition) is 8. The molecule has 1 heterocycles. The highest BCUT2D eigenvalue weighted by molar-refractivity contribution is 7.99. The Labute approximate surface area is 315 Å². The average Bonchev–Trinajstić information content (AvgIpc) is 3.54. The Hall–Kier alpha value is -3.67. The third kappa shape index (κ3) is 13.1. The number of carbonyl (C=O) groups is 2. The van der Waals surface area contributed by atoms with Crippen LogP contribution in [0.1, 0.15) is 39.7 Å². The minimum atomic E-state index is -0.843. The third-order valence-corrected chi connectivity index (χ3v) is 10.5. The van der Waals surface area contributed by atoms with Crippen LogP contribution in [-0.4, -0.2) is 83.9 Å². The van der Waals surface area contributed by atoms with Crippen molar-refractivity contribution in [2.24, 2.45) is 0 Å². The van der Waals surface area contributed by atoms with E-state index in [1.165, 1.54) is 10.5 Å². The minimum Gasteiger partial charge on any atom is -0.491 e. The number of rotatable bonds is 14. The van der Waals surface area contributed by atoms with Gasteiger partial charge in [0.25, 0.3) is 0 Å². The molecule has 1 fully saturated rings. The monoisotopic (exact) mass is 750 g/mol. The highest BCUT2D eigenvalue weighted by Gasteiger charge is 2.31. The summed E-state index contributed by atoms with van der Waals surface area (Å²) in [6, 6.07) is 31.7. The Morgan fingerprint density at radius 1 is 0.902 bits per heavy atom. The Kier molecular flexibility index (Phi) is 15.1. The van der Waals surface area contributed by atoms with Gasteiger partial charge in [-0.15, -0.1) is 0 Å². The lowest BCUT2D eigenvalue weighted by Gasteiger charge is -2.21. The van der Waals surface area contributed by atoms with Gasteiger partial charge in [0.1, 0.15) is 30.3 Å². The number of likely N-dealkylation sites (N-methyl/N-ethyl adjacent to an activating group) is 1. The summed E-state index contributed by atoms with van der Waals surface area (Å²) in [7, 11) is 1.75. The molecule has 5 rings (SSSR count). The van der Waals surface area contributed by atoms with E-state index in [1.807, 2.05) is 71.6 Å². The summed E-state index contributed by atoms with van der Waals surface area (Å²) >= 11 is 9.29. The highest BCUT2D eigenvalue weighted by Crippen LogP contribution is 2.37. The van der Waals surface area contributed by atoms with Crippen LogP contribution in [0, 0.1) is 0 Å². The Bertz CT molecular complexity index is 1730. The molecule has 2 unspecified atom stereocenters. The number of likely N-dealkylation sites (tertiary alicyclic amines) is 1. The number of hydrogen-bond donors (Lipinski definition) is 2. The Balaban J connectivity index is 0.000000233. The zero-order valence-electron chi connectivity index (χ0n) is 29.8. The van der Waals surface area contributed by atoms with Gasteiger partial charge in [0.05, 0.1) is 16.3 Å². The first-order chi connectivity index (χ1) is 24.3. The summed E-state index contributed by atoms with van der Waals surface area (Å²) in [5, 5.41) is 18.6. The molecule has 2 atom stereocenters. The third-order valence-electron chi connectivity index (χ3n) is 8.18. The van der Waals surface area contributed by atoms with Gasteiger partial charge in [0.15, 0.2) is 0 Å². The van der Waals surface area contributed by atoms with Gasteiger partial charge >= 0.3 is 11.9 Å². The molecule has 4 aromatic carbocycles. The zero-order valence-corrected chi connectivity index (χ0v) is 32.1. The molecule has 0 spiro atoms. The SMILES string of the molecule is CC(C(=O)O)N1CCC(Oc2ccccc2Sc2ccc(C(C)(C)C)cc2)C1.CN(CCOc1ccccc1Sc1cccc(Cl)c1)CC(=O)O. The molecule has 0 aliphatic carbocycles. The topological polar surface area (TPSA) is 99.5 Å². The van der Waals surface area contributed by atoms with Crippen LogP contribution in [0.15, 0.2) is 117 Å². The van der Waals surface area contributed by atoms with E-state index in [1.54, 1.807) is 42.4 Å². The summed E-state index contributed by atoms with van der Waals surface area (Å²) < 4.78 is 12.1. The number of benzene rings is 4. The number of carboxylic acid groups (broad SMARTS) is 2. The van der Waals surface area contributed by atoms with Crippen molar-refractivity contribution in [1.82, 2.24) is 9.80 Å². The van der Waals surface area contributed by atoms with Gasteiger partial charge in [-0.3, -0.25) is 19.4 Å². The van der Waals surface area contributed by atoms with Crippen molar-refractivity contribution in [3.8, 4) is 11.5 Å². The second kappa shape index (κ2) is 19.2. The average molecular weight is 751 g/mol. The fourth-order valence-electron chi connectivity index (χ4n) is 5.25. The number of aliphatic carboxylic acids is 2. The van der Waals surface area contributed by atoms with Crippen LogP contribution in [0.5, 0.6) is 11.5 Å². The lowest BCUT2D eigenvalue weighted by atomic mass is 9.87. The fourth-order valence-corrected chi connectivity index (χ4v) is 7.36. The molecular weight excluding hydrogens is 704 g/mol. The molecule has 0 aromatic heterocycles. The molecule has 272 valence electrons. The van der Waals surface area contributed by atoms with E-state index in [0.29, 0.717) is 24.7 Å². The van der Waals surface area contributed by atoms with E-state index in [9.17, 15) is 14.7 Å². The predicted octanol–water partition coefficient (Wildman–Crippen LogP) is 8.95. The van der Waals surface area contributed by atoms with Crippen LogP contribution in [-0.2, 0) is 15.0 Å². The smallest absolute Gasteiger partial charge is 0.320 e. The maximum Gasteiger partial charge on any atom is 0.320 e. The number of carboxylic acids is 2. The number of nitrogens with zero attached hydrogens (tertiary/aromatic N) is 2. The summed E-state index contributed by atoms with van der Waals surface area (Å²) in [6.07, 6.45) is 0.864. The zero-order chi connectivity index (χ0) is 37.0. The van der Waals surface area contributed by atoms with E-state index in [-0.39, 0.29) is 18.1 Å². The summed E-state index contributed by atoms with van der Waals surface area (Å²) in [5.74, 6) is 0.0168. The van der Waals surface area contributed by atoms with E-state index >= 15 is 0 Å². The first-order valence-corrected chi connectivity index (χ1v) is 18.9. The molecule has 0 bridgehead atoms. The molecule has 4 aromatic rings. The lowest BCUT2D eigenvalue weighted by Crippen LogP contribution is -2.38. The van der Waals surface area contributed by atoms with Crippen LogP contribution in [0.2, 0.25) is 5.02 Å². The standard InChI is InChI=1S/C23H29NO3S.C17H18ClNO3S/c1-16(22(25)26)24-14-13-18(15-24)27-20-7-5-6-8-21(20)28-19-11-9-17(10-12-19)23(2,3)4;1-19(12-17(20)21)9-10-22-15-7-2-3-8-16(15)23-14-6-4-5-13(18)11-14/h5-12,16,18H,13-15H2,1-4H3,(H,25,26);2-8,11H,9-10,12H2,1H3,(H,20,21). The van der Waals surface area contributed by atoms with Crippen molar-refractivity contribution in [3.05, 3.63) is 108 Å². The van der Waals surface area contributed by atoms with Crippen LogP contribution in [0.3, 0.4) is 0 Å². The largest absolute Gasteiger partial charge is 0.491 e. The van der Waals surface area contributed by atoms with Crippen molar-refractivity contribution >= 4 is 47.1 Å². The molecule has 0 saturated carbocycles. The van der Waals surface area contributed by atoms with Crippen LogP contribution in [0.4, 0.5) is 0 Å². The van der Waals surface area contributed by atoms with Gasteiger partial charge < -0.3 is 19.7 Å². The maximum atomic E-state index is 11.2. The fraction of sp³-hybridized carbons (Fsp3) is 0.350. The van der Waals surface area contributed by atoms with Gasteiger partial charge in [-0.1, -0.05) is 98.4 Å². The summed E-state index contributed by atoms with van der Waals surface area (Å²) in [4.78, 5) is 29.8.